The molecule has 0 radical (unpaired) electrons. The number of anilines is 1. The van der Waals surface area contributed by atoms with Crippen molar-refractivity contribution < 1.29 is 9.47 Å². The van der Waals surface area contributed by atoms with E-state index in [0.29, 0.717) is 10.0 Å². The second kappa shape index (κ2) is 10.4. The maximum atomic E-state index is 6.21. The topological polar surface area (TPSA) is 37.3 Å². The summed E-state index contributed by atoms with van der Waals surface area (Å²) in [6.07, 6.45) is 1.93. The predicted octanol–water partition coefficient (Wildman–Crippen LogP) is 6.17. The van der Waals surface area contributed by atoms with Gasteiger partial charge >= 0.3 is 0 Å². The Kier molecular flexibility index (Phi) is 7.07. The van der Waals surface area contributed by atoms with E-state index in [1.54, 1.807) is 7.11 Å². The molecule has 2 aliphatic heterocycles. The van der Waals surface area contributed by atoms with Crippen LogP contribution in [0.2, 0.25) is 10.0 Å². The molecule has 1 fully saturated rings. The summed E-state index contributed by atoms with van der Waals surface area (Å²) in [7, 11) is 1.71. The molecule has 5 rings (SSSR count). The number of morpholine rings is 1. The first-order chi connectivity index (χ1) is 16.6. The van der Waals surface area contributed by atoms with Crippen LogP contribution in [0.4, 0.5) is 5.69 Å². The lowest BCUT2D eigenvalue weighted by Crippen LogP contribution is -2.35. The van der Waals surface area contributed by atoms with Crippen LogP contribution < -0.4 is 9.64 Å². The Hall–Kier alpha value is -2.57. The molecule has 0 bridgehead atoms. The molecule has 0 spiro atoms. The molecule has 1 saturated heterocycles. The van der Waals surface area contributed by atoms with Crippen molar-refractivity contribution in [1.29, 1.82) is 0 Å². The summed E-state index contributed by atoms with van der Waals surface area (Å²) in [5, 5.41) is 1.42. The third-order valence-electron chi connectivity index (χ3n) is 6.40. The van der Waals surface area contributed by atoms with Gasteiger partial charge in [0.15, 0.2) is 0 Å². The average molecular weight is 496 g/mol. The zero-order valence-corrected chi connectivity index (χ0v) is 20.5. The molecule has 7 heteroatoms. The van der Waals surface area contributed by atoms with Crippen LogP contribution in [0.3, 0.4) is 0 Å². The summed E-state index contributed by atoms with van der Waals surface area (Å²) in [6.45, 7) is 4.32. The minimum atomic E-state index is -0.0916. The Labute approximate surface area is 210 Å². The van der Waals surface area contributed by atoms with Gasteiger partial charge in [-0.05, 0) is 53.1 Å². The summed E-state index contributed by atoms with van der Waals surface area (Å²) >= 11 is 12.4. The van der Waals surface area contributed by atoms with Crippen LogP contribution in [-0.2, 0) is 11.3 Å². The van der Waals surface area contributed by atoms with Crippen LogP contribution in [0.25, 0.3) is 0 Å². The third kappa shape index (κ3) is 4.93. The van der Waals surface area contributed by atoms with E-state index in [9.17, 15) is 0 Å². The molecule has 176 valence electrons. The van der Waals surface area contributed by atoms with E-state index in [1.165, 1.54) is 5.56 Å². The van der Waals surface area contributed by atoms with E-state index < -0.39 is 0 Å². The lowest BCUT2D eigenvalue weighted by molar-refractivity contribution is 0.0342. The van der Waals surface area contributed by atoms with Gasteiger partial charge < -0.3 is 14.4 Å². The highest BCUT2D eigenvalue weighted by Gasteiger charge is 2.35. The van der Waals surface area contributed by atoms with Crippen molar-refractivity contribution in [3.63, 3.8) is 0 Å². The van der Waals surface area contributed by atoms with Crippen molar-refractivity contribution in [2.75, 3.05) is 38.3 Å². The van der Waals surface area contributed by atoms with Crippen LogP contribution in [0.1, 0.15) is 28.8 Å². The summed E-state index contributed by atoms with van der Waals surface area (Å²) < 4.78 is 11.3. The summed E-state index contributed by atoms with van der Waals surface area (Å²) in [5.74, 6) is 0.813. The summed E-state index contributed by atoms with van der Waals surface area (Å²) in [4.78, 5) is 9.57. The van der Waals surface area contributed by atoms with Gasteiger partial charge in [0, 0.05) is 29.7 Å². The molecule has 2 heterocycles. The molecule has 3 aromatic rings. The molecule has 2 unspecified atom stereocenters. The number of benzene rings is 3. The van der Waals surface area contributed by atoms with Crippen molar-refractivity contribution in [2.24, 2.45) is 4.99 Å². The zero-order chi connectivity index (χ0) is 23.5. The monoisotopic (exact) mass is 495 g/mol. The first-order valence-electron chi connectivity index (χ1n) is 11.4. The fourth-order valence-corrected chi connectivity index (χ4v) is 4.90. The Bertz CT molecular complexity index is 1150. The Morgan fingerprint density at radius 2 is 1.56 bits per heavy atom. The van der Waals surface area contributed by atoms with Crippen LogP contribution >= 0.6 is 23.2 Å². The van der Waals surface area contributed by atoms with E-state index in [2.05, 4.69) is 34.1 Å². The van der Waals surface area contributed by atoms with Crippen LogP contribution in [0.15, 0.2) is 71.7 Å². The van der Waals surface area contributed by atoms with Crippen molar-refractivity contribution in [3.05, 3.63) is 93.5 Å². The molecule has 34 heavy (non-hydrogen) atoms. The highest BCUT2D eigenvalue weighted by molar-refractivity contribution is 6.30. The molecule has 2 aliphatic rings. The van der Waals surface area contributed by atoms with E-state index in [1.807, 2.05) is 48.8 Å². The van der Waals surface area contributed by atoms with Gasteiger partial charge in [-0.3, -0.25) is 9.89 Å². The maximum Gasteiger partial charge on any atom is 0.142 e. The van der Waals surface area contributed by atoms with E-state index >= 15 is 0 Å². The first kappa shape index (κ1) is 23.2. The molecular weight excluding hydrogens is 469 g/mol. The lowest BCUT2D eigenvalue weighted by Gasteiger charge is -2.31. The fraction of sp³-hybridized carbons (Fsp3) is 0.296. The molecule has 0 amide bonds. The molecular formula is C27H27Cl2N3O2. The van der Waals surface area contributed by atoms with Gasteiger partial charge in [-0.25, -0.2) is 0 Å². The number of hydrogen-bond acceptors (Lipinski definition) is 5. The van der Waals surface area contributed by atoms with Gasteiger partial charge in [-0.15, -0.1) is 0 Å². The number of methoxy groups -OCH3 is 1. The first-order valence-corrected chi connectivity index (χ1v) is 12.2. The number of hydrogen-bond donors (Lipinski definition) is 0. The van der Waals surface area contributed by atoms with E-state index in [4.69, 9.17) is 37.7 Å². The maximum absolute atomic E-state index is 6.21. The SMILES string of the molecule is COc1ccc(CN2CCOCC2)cc1N1C=NC(c2ccc(Cl)cc2)C1c1ccc(Cl)cc1. The zero-order valence-electron chi connectivity index (χ0n) is 19.0. The normalized spacial score (nSPS) is 20.6. The van der Waals surface area contributed by atoms with Crippen molar-refractivity contribution in [1.82, 2.24) is 4.90 Å². The van der Waals surface area contributed by atoms with Crippen molar-refractivity contribution >= 4 is 35.2 Å². The van der Waals surface area contributed by atoms with Crippen molar-refractivity contribution in [3.8, 4) is 5.75 Å². The third-order valence-corrected chi connectivity index (χ3v) is 6.91. The number of halogens is 2. The van der Waals surface area contributed by atoms with Gasteiger partial charge in [-0.2, -0.15) is 0 Å². The van der Waals surface area contributed by atoms with Gasteiger partial charge in [0.05, 0.1) is 38.4 Å². The summed E-state index contributed by atoms with van der Waals surface area (Å²) in [6, 6.07) is 22.2. The second-order valence-electron chi connectivity index (χ2n) is 8.56. The highest BCUT2D eigenvalue weighted by Crippen LogP contribution is 2.45. The molecule has 0 saturated carbocycles. The molecule has 2 atom stereocenters. The van der Waals surface area contributed by atoms with Crippen molar-refractivity contribution in [2.45, 2.75) is 18.6 Å². The lowest BCUT2D eigenvalue weighted by atomic mass is 9.93. The van der Waals surface area contributed by atoms with Gasteiger partial charge in [-0.1, -0.05) is 53.5 Å². The molecule has 0 aromatic heterocycles. The molecule has 5 nitrogen and oxygen atoms in total. The number of ether oxygens (including phenoxy) is 2. The number of nitrogens with zero attached hydrogens (tertiary/aromatic N) is 3. The van der Waals surface area contributed by atoms with E-state index in [0.717, 1.165) is 55.4 Å². The van der Waals surface area contributed by atoms with Gasteiger partial charge in [0.1, 0.15) is 11.8 Å². The largest absolute Gasteiger partial charge is 0.495 e. The molecule has 0 aliphatic carbocycles. The van der Waals surface area contributed by atoms with Gasteiger partial charge in [0.2, 0.25) is 0 Å². The van der Waals surface area contributed by atoms with E-state index in [-0.39, 0.29) is 12.1 Å². The minimum Gasteiger partial charge on any atom is -0.495 e. The van der Waals surface area contributed by atoms with Crippen LogP contribution in [0, 0.1) is 0 Å². The highest BCUT2D eigenvalue weighted by atomic mass is 35.5. The Balaban J connectivity index is 1.52. The molecule has 3 aromatic carbocycles. The quantitative estimate of drug-likeness (QED) is 0.410. The van der Waals surface area contributed by atoms with Crippen LogP contribution in [-0.4, -0.2) is 44.7 Å². The standard InChI is InChI=1S/C27H27Cl2N3O2/c1-33-25-11-2-19(17-31-12-14-34-15-13-31)16-24(25)32-18-30-26(20-3-7-22(28)8-4-20)27(32)21-5-9-23(29)10-6-21/h2-11,16,18,26-27H,12-15,17H2,1H3. The average Bonchev–Trinajstić information content (AvgIpc) is 3.30. The van der Waals surface area contributed by atoms with Crippen LogP contribution in [0.5, 0.6) is 5.75 Å². The smallest absolute Gasteiger partial charge is 0.142 e. The second-order valence-corrected chi connectivity index (χ2v) is 9.43. The fourth-order valence-electron chi connectivity index (χ4n) is 4.65. The van der Waals surface area contributed by atoms with Gasteiger partial charge in [0.25, 0.3) is 0 Å². The minimum absolute atomic E-state index is 0.0500. The number of rotatable bonds is 6. The summed E-state index contributed by atoms with van der Waals surface area (Å²) in [5.41, 5.74) is 4.46. The number of aliphatic imine (C=N–C) groups is 1. The molecule has 0 N–H and O–H groups in total. The Morgan fingerprint density at radius 1 is 0.912 bits per heavy atom. The predicted molar refractivity (Wildman–Crippen MR) is 138 cm³/mol. The Morgan fingerprint density at radius 3 is 2.21 bits per heavy atom.